The van der Waals surface area contributed by atoms with Gasteiger partial charge < -0.3 is 24.2 Å². The van der Waals surface area contributed by atoms with Crippen molar-refractivity contribution in [1.82, 2.24) is 0 Å². The summed E-state index contributed by atoms with van der Waals surface area (Å²) in [5.74, 6) is 0.876. The minimum Gasteiger partial charge on any atom is -0.490 e. The van der Waals surface area contributed by atoms with Crippen LogP contribution in [0.25, 0.3) is 0 Å². The molecule has 0 saturated heterocycles. The number of carbonyl (C=O) groups excluding carboxylic acids is 2. The summed E-state index contributed by atoms with van der Waals surface area (Å²) >= 11 is 6.45. The van der Waals surface area contributed by atoms with E-state index in [1.54, 1.807) is 18.2 Å². The van der Waals surface area contributed by atoms with Crippen LogP contribution in [0, 0.1) is 17.8 Å². The summed E-state index contributed by atoms with van der Waals surface area (Å²) in [4.78, 5) is 27.9. The van der Waals surface area contributed by atoms with Crippen molar-refractivity contribution in [1.29, 1.82) is 0 Å². The molecule has 50 heavy (non-hydrogen) atoms. The lowest BCUT2D eigenvalue weighted by molar-refractivity contribution is 0.00692. The number of carbonyl (C=O) groups is 2. The summed E-state index contributed by atoms with van der Waals surface area (Å²) in [6.07, 6.45) is 8.33. The summed E-state index contributed by atoms with van der Waals surface area (Å²) < 4.78 is 17.9. The molecule has 0 amide bonds. The summed E-state index contributed by atoms with van der Waals surface area (Å²) in [5, 5.41) is 12.3. The van der Waals surface area contributed by atoms with Crippen LogP contribution < -0.4 is 9.64 Å². The van der Waals surface area contributed by atoms with Crippen LogP contribution in [0.1, 0.15) is 91.1 Å². The Balaban J connectivity index is 1.07. The van der Waals surface area contributed by atoms with Gasteiger partial charge in [-0.1, -0.05) is 41.9 Å². The van der Waals surface area contributed by atoms with E-state index < -0.39 is 11.7 Å². The molecule has 8 heteroatoms. The van der Waals surface area contributed by atoms with Crippen molar-refractivity contribution in [3.8, 4) is 5.75 Å². The average molecular weight is 698 g/mol. The number of esters is 2. The first-order chi connectivity index (χ1) is 24.0. The largest absolute Gasteiger partial charge is 0.490 e. The summed E-state index contributed by atoms with van der Waals surface area (Å²) in [6.45, 7) is 8.05. The molecule has 1 spiro atoms. The van der Waals surface area contributed by atoms with E-state index in [2.05, 4.69) is 23.1 Å². The van der Waals surface area contributed by atoms with Gasteiger partial charge >= 0.3 is 11.9 Å². The van der Waals surface area contributed by atoms with Crippen LogP contribution in [0.15, 0.2) is 78.4 Å². The molecule has 7 nitrogen and oxygen atoms in total. The quantitative estimate of drug-likeness (QED) is 0.178. The number of benzene rings is 3. The van der Waals surface area contributed by atoms with Gasteiger partial charge in [0.2, 0.25) is 0 Å². The Morgan fingerprint density at radius 2 is 1.84 bits per heavy atom. The lowest BCUT2D eigenvalue weighted by Gasteiger charge is -2.47. The molecule has 3 aromatic carbocycles. The Kier molecular flexibility index (Phi) is 9.75. The molecule has 1 heterocycles. The second-order valence-corrected chi connectivity index (χ2v) is 16.2. The Bertz CT molecular complexity index is 1770. The van der Waals surface area contributed by atoms with E-state index in [-0.39, 0.29) is 23.3 Å². The van der Waals surface area contributed by atoms with Gasteiger partial charge in [-0.3, -0.25) is 0 Å². The highest BCUT2D eigenvalue weighted by Crippen LogP contribution is 2.48. The Morgan fingerprint density at radius 1 is 1.04 bits per heavy atom. The normalized spacial score (nSPS) is 24.7. The van der Waals surface area contributed by atoms with Gasteiger partial charge in [0.15, 0.2) is 0 Å². The van der Waals surface area contributed by atoms with E-state index in [1.807, 2.05) is 57.2 Å². The number of ether oxygens (including phenoxy) is 3. The molecule has 0 aromatic heterocycles. The maximum atomic E-state index is 13.2. The molecule has 0 radical (unpaired) electrons. The van der Waals surface area contributed by atoms with Crippen LogP contribution in [0.3, 0.4) is 0 Å². The highest BCUT2D eigenvalue weighted by molar-refractivity contribution is 6.30. The molecular formula is C42H48ClNO6. The maximum Gasteiger partial charge on any atom is 0.338 e. The Labute approximate surface area is 300 Å². The van der Waals surface area contributed by atoms with E-state index in [4.69, 9.17) is 25.8 Å². The number of aryl methyl sites for hydroxylation is 1. The van der Waals surface area contributed by atoms with Crippen molar-refractivity contribution in [3.63, 3.8) is 0 Å². The van der Waals surface area contributed by atoms with Crippen molar-refractivity contribution in [2.45, 2.75) is 82.8 Å². The van der Waals surface area contributed by atoms with Crippen molar-refractivity contribution in [2.75, 3.05) is 31.2 Å². The summed E-state index contributed by atoms with van der Waals surface area (Å²) in [6, 6.07) is 21.0. The molecule has 1 aliphatic heterocycles. The number of nitrogens with zero attached hydrogens (tertiary/aromatic N) is 1. The van der Waals surface area contributed by atoms with Crippen molar-refractivity contribution < 1.29 is 28.9 Å². The number of aliphatic hydroxyl groups excluding tert-OH is 1. The number of hydrogen-bond donors (Lipinski definition) is 1. The van der Waals surface area contributed by atoms with Gasteiger partial charge in [0.1, 0.15) is 11.4 Å². The first kappa shape index (κ1) is 34.6. The van der Waals surface area contributed by atoms with Crippen LogP contribution >= 0.6 is 11.6 Å². The molecule has 1 N–H and O–H groups in total. The topological polar surface area (TPSA) is 85.3 Å². The van der Waals surface area contributed by atoms with Crippen molar-refractivity contribution in [2.24, 2.45) is 17.8 Å². The molecular weight excluding hydrogens is 650 g/mol. The zero-order valence-electron chi connectivity index (χ0n) is 29.3. The van der Waals surface area contributed by atoms with Crippen molar-refractivity contribution in [3.05, 3.63) is 106 Å². The molecule has 3 aliphatic carbocycles. The van der Waals surface area contributed by atoms with Gasteiger partial charge in [0, 0.05) is 23.5 Å². The van der Waals surface area contributed by atoms with Gasteiger partial charge in [-0.2, -0.15) is 0 Å². The van der Waals surface area contributed by atoms with Gasteiger partial charge in [-0.05, 0) is 143 Å². The number of allylic oxidation sites excluding steroid dienone is 1. The van der Waals surface area contributed by atoms with Crippen LogP contribution in [0.2, 0.25) is 5.02 Å². The molecule has 3 aromatic rings. The third-order valence-corrected chi connectivity index (χ3v) is 11.3. The molecule has 5 atom stereocenters. The van der Waals surface area contributed by atoms with E-state index in [9.17, 15) is 14.7 Å². The van der Waals surface area contributed by atoms with Crippen LogP contribution in [0.4, 0.5) is 5.69 Å². The minimum atomic E-state index is -0.603. The third-order valence-electron chi connectivity index (χ3n) is 11.1. The average Bonchev–Trinajstić information content (AvgIpc) is 3.20. The van der Waals surface area contributed by atoms with Crippen LogP contribution in [-0.2, 0) is 21.3 Å². The number of rotatable bonds is 9. The monoisotopic (exact) mass is 697 g/mol. The SMILES string of the molecule is CC(C)(C)OC(=O)c1ccc2c(c1)N(C[C@@H]1CC[C@H]1[C@@H](O)C1=C[C@@H](CCOC(=O)c3ccccc3)C1)C[C@@]1(CCCc3cc(Cl)ccc31)CO2. The summed E-state index contributed by atoms with van der Waals surface area (Å²) in [5.41, 5.74) is 4.81. The molecule has 1 saturated carbocycles. The maximum absolute atomic E-state index is 13.2. The Hall–Kier alpha value is -3.81. The highest BCUT2D eigenvalue weighted by atomic mass is 35.5. The third kappa shape index (κ3) is 7.31. The fourth-order valence-electron chi connectivity index (χ4n) is 8.31. The fraction of sp³-hybridized carbons (Fsp3) is 0.476. The van der Waals surface area contributed by atoms with Crippen molar-refractivity contribution >= 4 is 29.2 Å². The molecule has 7 rings (SSSR count). The van der Waals surface area contributed by atoms with E-state index >= 15 is 0 Å². The molecule has 4 aliphatic rings. The second kappa shape index (κ2) is 14.1. The summed E-state index contributed by atoms with van der Waals surface area (Å²) in [7, 11) is 0. The van der Waals surface area contributed by atoms with Crippen LogP contribution in [0.5, 0.6) is 5.75 Å². The smallest absolute Gasteiger partial charge is 0.338 e. The Morgan fingerprint density at radius 3 is 2.58 bits per heavy atom. The fourth-order valence-corrected chi connectivity index (χ4v) is 8.51. The van der Waals surface area contributed by atoms with Gasteiger partial charge in [0.05, 0.1) is 36.1 Å². The number of anilines is 1. The standard InChI is InChI=1S/C42H48ClNO6/c1-41(2,3)50-40(47)30-12-16-37-36(23-30)44(25-42(26-49-37)18-7-10-29-22-33(43)13-15-35(29)42)24-31-11-14-34(31)38(45)32-20-27(21-32)17-19-48-39(46)28-8-5-4-6-9-28/h4-6,8-9,12-13,15-16,20,22-23,27,31,34,38,45H,7,10-11,14,17-19,21,24-26H2,1-3H3/t27-,31+,34-,38+,42+/m1/s1. The number of hydrogen-bond acceptors (Lipinski definition) is 7. The lowest BCUT2D eigenvalue weighted by atomic mass is 9.65. The lowest BCUT2D eigenvalue weighted by Crippen LogP contribution is -2.50. The number of aliphatic hydroxyl groups is 1. The molecule has 264 valence electrons. The minimum absolute atomic E-state index is 0.160. The van der Waals surface area contributed by atoms with Gasteiger partial charge in [0.25, 0.3) is 0 Å². The van der Waals surface area contributed by atoms with E-state index in [0.29, 0.717) is 36.2 Å². The molecule has 0 unspecified atom stereocenters. The highest BCUT2D eigenvalue weighted by Gasteiger charge is 2.45. The predicted molar refractivity (Wildman–Crippen MR) is 195 cm³/mol. The van der Waals surface area contributed by atoms with E-state index in [1.165, 1.54) is 11.1 Å². The number of halogens is 1. The van der Waals surface area contributed by atoms with Crippen LogP contribution in [-0.4, -0.2) is 55.1 Å². The first-order valence-corrected chi connectivity index (χ1v) is 18.5. The zero-order valence-corrected chi connectivity index (χ0v) is 30.1. The number of fused-ring (bicyclic) bond motifs is 3. The molecule has 1 fully saturated rings. The van der Waals surface area contributed by atoms with Gasteiger partial charge in [-0.25, -0.2) is 9.59 Å². The van der Waals surface area contributed by atoms with Gasteiger partial charge in [-0.15, -0.1) is 0 Å². The predicted octanol–water partition coefficient (Wildman–Crippen LogP) is 8.35. The second-order valence-electron chi connectivity index (χ2n) is 15.7. The first-order valence-electron chi connectivity index (χ1n) is 18.1. The zero-order chi connectivity index (χ0) is 35.0. The van der Waals surface area contributed by atoms with E-state index in [0.717, 1.165) is 80.1 Å². The molecule has 0 bridgehead atoms.